The number of nitrogens with two attached hydrogens (primary N) is 1. The molecule has 4 nitrogen and oxygen atoms in total. The minimum absolute atomic E-state index is 0.430. The zero-order valence-electron chi connectivity index (χ0n) is 11.5. The zero-order valence-corrected chi connectivity index (χ0v) is 11.5. The molecule has 0 aliphatic rings. The third-order valence-electron chi connectivity index (χ3n) is 2.67. The summed E-state index contributed by atoms with van der Waals surface area (Å²) in [6.45, 7) is 6.43. The average Bonchev–Trinajstić information content (AvgIpc) is 2.34. The molecule has 0 spiro atoms. The molecule has 0 heterocycles. The van der Waals surface area contributed by atoms with Gasteiger partial charge in [0, 0.05) is 26.4 Å². The van der Waals surface area contributed by atoms with Crippen molar-refractivity contribution in [3.8, 4) is 0 Å². The highest BCUT2D eigenvalue weighted by molar-refractivity contribution is 4.66. The lowest BCUT2D eigenvalue weighted by molar-refractivity contribution is 0.124. The molecule has 0 fully saturated rings. The summed E-state index contributed by atoms with van der Waals surface area (Å²) in [5.74, 6) is 0. The highest BCUT2D eigenvalue weighted by atomic mass is 16.5. The number of hydrogen-bond acceptors (Lipinski definition) is 4. The second kappa shape index (κ2) is 13.9. The monoisotopic (exact) mass is 246 g/mol. The van der Waals surface area contributed by atoms with Gasteiger partial charge in [-0.1, -0.05) is 13.3 Å². The second-order valence-corrected chi connectivity index (χ2v) is 4.36. The molecule has 0 aromatic rings. The Kier molecular flexibility index (Phi) is 13.8. The average molecular weight is 246 g/mol. The lowest BCUT2D eigenvalue weighted by Gasteiger charge is -2.17. The standard InChI is InChI=1S/C13H30N2O2/c1-3-4-10-17-11-6-9-15-13(12-16-2)7-5-8-14/h13,15H,3-12,14H2,1-2H3. The van der Waals surface area contributed by atoms with E-state index < -0.39 is 0 Å². The SMILES string of the molecule is CCCCOCCCNC(CCCN)COC. The predicted molar refractivity (Wildman–Crippen MR) is 72.3 cm³/mol. The van der Waals surface area contributed by atoms with E-state index in [4.69, 9.17) is 15.2 Å². The lowest BCUT2D eigenvalue weighted by Crippen LogP contribution is -2.34. The molecule has 3 N–H and O–H groups in total. The summed E-state index contributed by atoms with van der Waals surface area (Å²) in [5.41, 5.74) is 5.51. The Hall–Kier alpha value is -0.160. The first-order chi connectivity index (χ1) is 8.35. The predicted octanol–water partition coefficient (Wildman–Crippen LogP) is 1.54. The molecule has 0 amide bonds. The molecule has 4 heteroatoms. The molecule has 0 aromatic heterocycles. The van der Waals surface area contributed by atoms with Gasteiger partial charge in [0.05, 0.1) is 6.61 Å². The minimum atomic E-state index is 0.430. The van der Waals surface area contributed by atoms with E-state index in [1.165, 1.54) is 6.42 Å². The quantitative estimate of drug-likeness (QED) is 0.484. The van der Waals surface area contributed by atoms with Gasteiger partial charge >= 0.3 is 0 Å². The van der Waals surface area contributed by atoms with Crippen LogP contribution in [0, 0.1) is 0 Å². The first kappa shape index (κ1) is 16.8. The Balaban J connectivity index is 3.34. The molecule has 0 rings (SSSR count). The fraction of sp³-hybridized carbons (Fsp3) is 1.00. The normalized spacial score (nSPS) is 12.9. The highest BCUT2D eigenvalue weighted by Crippen LogP contribution is 1.97. The maximum atomic E-state index is 5.51. The smallest absolute Gasteiger partial charge is 0.0615 e. The minimum Gasteiger partial charge on any atom is -0.383 e. The molecular formula is C13H30N2O2. The summed E-state index contributed by atoms with van der Waals surface area (Å²) in [7, 11) is 1.74. The number of nitrogens with one attached hydrogen (secondary N) is 1. The van der Waals surface area contributed by atoms with Crippen LogP contribution in [-0.2, 0) is 9.47 Å². The van der Waals surface area contributed by atoms with Gasteiger partial charge in [0.1, 0.15) is 0 Å². The van der Waals surface area contributed by atoms with Crippen LogP contribution in [0.25, 0.3) is 0 Å². The molecule has 104 valence electrons. The van der Waals surface area contributed by atoms with Crippen LogP contribution in [-0.4, -0.2) is 46.1 Å². The van der Waals surface area contributed by atoms with Crippen LogP contribution in [0.4, 0.5) is 0 Å². The van der Waals surface area contributed by atoms with E-state index in [1.54, 1.807) is 7.11 Å². The van der Waals surface area contributed by atoms with Gasteiger partial charge in [0.25, 0.3) is 0 Å². The Morgan fingerprint density at radius 3 is 2.59 bits per heavy atom. The van der Waals surface area contributed by atoms with Crippen molar-refractivity contribution in [2.45, 2.75) is 45.1 Å². The van der Waals surface area contributed by atoms with Gasteiger partial charge in [-0.3, -0.25) is 0 Å². The van der Waals surface area contributed by atoms with Crippen molar-refractivity contribution in [3.05, 3.63) is 0 Å². The third kappa shape index (κ3) is 12.1. The van der Waals surface area contributed by atoms with Gasteiger partial charge in [0.15, 0.2) is 0 Å². The number of ether oxygens (including phenoxy) is 2. The van der Waals surface area contributed by atoms with E-state index in [0.29, 0.717) is 6.04 Å². The number of methoxy groups -OCH3 is 1. The Morgan fingerprint density at radius 2 is 1.94 bits per heavy atom. The van der Waals surface area contributed by atoms with E-state index in [-0.39, 0.29) is 0 Å². The van der Waals surface area contributed by atoms with Crippen LogP contribution >= 0.6 is 0 Å². The van der Waals surface area contributed by atoms with Gasteiger partial charge in [0.2, 0.25) is 0 Å². The van der Waals surface area contributed by atoms with Crippen molar-refractivity contribution >= 4 is 0 Å². The number of hydrogen-bond donors (Lipinski definition) is 2. The summed E-state index contributed by atoms with van der Waals surface area (Å²) in [4.78, 5) is 0. The summed E-state index contributed by atoms with van der Waals surface area (Å²) in [6.07, 6.45) is 5.56. The van der Waals surface area contributed by atoms with Crippen LogP contribution in [0.15, 0.2) is 0 Å². The third-order valence-corrected chi connectivity index (χ3v) is 2.67. The van der Waals surface area contributed by atoms with Crippen molar-refractivity contribution < 1.29 is 9.47 Å². The Labute approximate surface area is 106 Å². The first-order valence-corrected chi connectivity index (χ1v) is 6.85. The Bertz CT molecular complexity index is 145. The maximum Gasteiger partial charge on any atom is 0.0615 e. The fourth-order valence-electron chi connectivity index (χ4n) is 1.64. The molecular weight excluding hydrogens is 216 g/mol. The number of unbranched alkanes of at least 4 members (excludes halogenated alkanes) is 1. The second-order valence-electron chi connectivity index (χ2n) is 4.36. The Morgan fingerprint density at radius 1 is 1.18 bits per heavy atom. The molecule has 0 aliphatic carbocycles. The van der Waals surface area contributed by atoms with E-state index in [0.717, 1.165) is 58.6 Å². The maximum absolute atomic E-state index is 5.51. The van der Waals surface area contributed by atoms with Gasteiger partial charge < -0.3 is 20.5 Å². The molecule has 0 aromatic carbocycles. The van der Waals surface area contributed by atoms with Crippen LogP contribution in [0.2, 0.25) is 0 Å². The van der Waals surface area contributed by atoms with Crippen LogP contribution in [0.1, 0.15) is 39.0 Å². The molecule has 0 saturated carbocycles. The fourth-order valence-corrected chi connectivity index (χ4v) is 1.64. The van der Waals surface area contributed by atoms with Crippen molar-refractivity contribution in [2.24, 2.45) is 5.73 Å². The summed E-state index contributed by atoms with van der Waals surface area (Å²) in [6, 6.07) is 0.430. The highest BCUT2D eigenvalue weighted by Gasteiger charge is 2.06. The van der Waals surface area contributed by atoms with Gasteiger partial charge in [-0.2, -0.15) is 0 Å². The number of rotatable bonds is 13. The summed E-state index contributed by atoms with van der Waals surface area (Å²) < 4.78 is 10.7. The topological polar surface area (TPSA) is 56.5 Å². The lowest BCUT2D eigenvalue weighted by atomic mass is 10.1. The molecule has 17 heavy (non-hydrogen) atoms. The van der Waals surface area contributed by atoms with E-state index in [1.807, 2.05) is 0 Å². The zero-order chi connectivity index (χ0) is 12.8. The van der Waals surface area contributed by atoms with E-state index in [2.05, 4.69) is 12.2 Å². The molecule has 0 saturated heterocycles. The summed E-state index contributed by atoms with van der Waals surface area (Å²) in [5, 5.41) is 3.49. The van der Waals surface area contributed by atoms with E-state index >= 15 is 0 Å². The van der Waals surface area contributed by atoms with Gasteiger partial charge in [-0.05, 0) is 38.8 Å². The van der Waals surface area contributed by atoms with Crippen molar-refractivity contribution in [1.82, 2.24) is 5.32 Å². The van der Waals surface area contributed by atoms with Gasteiger partial charge in [-0.15, -0.1) is 0 Å². The first-order valence-electron chi connectivity index (χ1n) is 6.85. The van der Waals surface area contributed by atoms with E-state index in [9.17, 15) is 0 Å². The van der Waals surface area contributed by atoms with Crippen LogP contribution in [0.5, 0.6) is 0 Å². The molecule has 1 unspecified atom stereocenters. The molecule has 1 atom stereocenters. The van der Waals surface area contributed by atoms with Crippen LogP contribution < -0.4 is 11.1 Å². The van der Waals surface area contributed by atoms with Crippen molar-refractivity contribution in [2.75, 3.05) is 40.0 Å². The summed E-state index contributed by atoms with van der Waals surface area (Å²) >= 11 is 0. The van der Waals surface area contributed by atoms with Crippen LogP contribution in [0.3, 0.4) is 0 Å². The van der Waals surface area contributed by atoms with Crippen molar-refractivity contribution in [3.63, 3.8) is 0 Å². The molecule has 0 radical (unpaired) electrons. The molecule has 0 aliphatic heterocycles. The molecule has 0 bridgehead atoms. The van der Waals surface area contributed by atoms with Gasteiger partial charge in [-0.25, -0.2) is 0 Å². The van der Waals surface area contributed by atoms with Crippen molar-refractivity contribution in [1.29, 1.82) is 0 Å². The largest absolute Gasteiger partial charge is 0.383 e.